The van der Waals surface area contributed by atoms with Crippen LogP contribution in [0.1, 0.15) is 31.7 Å². The topological polar surface area (TPSA) is 49.9 Å². The van der Waals surface area contributed by atoms with Crippen molar-refractivity contribution in [1.29, 1.82) is 0 Å². The van der Waals surface area contributed by atoms with E-state index in [0.717, 1.165) is 30.4 Å². The molecule has 134 valence electrons. The van der Waals surface area contributed by atoms with Gasteiger partial charge in [-0.3, -0.25) is 9.59 Å². The third-order valence-corrected chi connectivity index (χ3v) is 4.97. The van der Waals surface area contributed by atoms with E-state index in [1.54, 1.807) is 11.0 Å². The van der Waals surface area contributed by atoms with Crippen LogP contribution in [0.25, 0.3) is 5.57 Å². The molecular formula is C20H26N2O3. The monoisotopic (exact) mass is 342 g/mol. The highest BCUT2D eigenvalue weighted by Gasteiger charge is 2.36. The van der Waals surface area contributed by atoms with Crippen molar-refractivity contribution in [3.05, 3.63) is 42.0 Å². The number of hydrogen-bond donors (Lipinski definition) is 0. The first-order valence-electron chi connectivity index (χ1n) is 9.14. The summed E-state index contributed by atoms with van der Waals surface area (Å²) in [6, 6.07) is 9.63. The number of hydrogen-bond acceptors (Lipinski definition) is 3. The highest BCUT2D eigenvalue weighted by Crippen LogP contribution is 2.23. The number of carbonyl (C=O) groups is 2. The van der Waals surface area contributed by atoms with Crippen molar-refractivity contribution in [3.63, 3.8) is 0 Å². The van der Waals surface area contributed by atoms with Crippen molar-refractivity contribution in [2.75, 3.05) is 32.8 Å². The minimum atomic E-state index is -0.323. The first kappa shape index (κ1) is 17.7. The van der Waals surface area contributed by atoms with Gasteiger partial charge in [-0.1, -0.05) is 37.3 Å². The minimum absolute atomic E-state index is 0.0511. The molecule has 5 nitrogen and oxygen atoms in total. The number of likely N-dealkylation sites (tertiary alicyclic amines) is 1. The van der Waals surface area contributed by atoms with Crippen LogP contribution in [0, 0.1) is 0 Å². The number of allylic oxidation sites excluding steroid dienone is 1. The second-order valence-corrected chi connectivity index (χ2v) is 6.52. The summed E-state index contributed by atoms with van der Waals surface area (Å²) >= 11 is 0. The number of amides is 2. The maximum atomic E-state index is 12.8. The molecule has 0 aliphatic carbocycles. The lowest BCUT2D eigenvalue weighted by atomic mass is 10.0. The van der Waals surface area contributed by atoms with Crippen LogP contribution >= 0.6 is 0 Å². The maximum Gasteiger partial charge on any atom is 0.247 e. The summed E-state index contributed by atoms with van der Waals surface area (Å²) in [7, 11) is 0. The van der Waals surface area contributed by atoms with Gasteiger partial charge in [-0.25, -0.2) is 0 Å². The number of morpholine rings is 1. The molecule has 0 spiro atoms. The molecule has 2 saturated heterocycles. The van der Waals surface area contributed by atoms with Crippen LogP contribution in [0.3, 0.4) is 0 Å². The van der Waals surface area contributed by atoms with E-state index in [-0.39, 0.29) is 17.9 Å². The summed E-state index contributed by atoms with van der Waals surface area (Å²) < 4.78 is 5.32. The Kier molecular flexibility index (Phi) is 5.87. The molecule has 0 saturated carbocycles. The average molecular weight is 342 g/mol. The predicted molar refractivity (Wildman–Crippen MR) is 96.8 cm³/mol. The Hall–Kier alpha value is -2.14. The van der Waals surface area contributed by atoms with E-state index in [0.29, 0.717) is 32.8 Å². The average Bonchev–Trinajstić information content (AvgIpc) is 3.16. The molecule has 25 heavy (non-hydrogen) atoms. The second-order valence-electron chi connectivity index (χ2n) is 6.52. The summed E-state index contributed by atoms with van der Waals surface area (Å²) in [6.07, 6.45) is 4.13. The molecule has 2 aliphatic rings. The molecule has 2 fully saturated rings. The Morgan fingerprint density at radius 1 is 1.16 bits per heavy atom. The Labute approximate surface area is 149 Å². The molecule has 3 rings (SSSR count). The Balaban J connectivity index is 1.73. The van der Waals surface area contributed by atoms with Crippen molar-refractivity contribution in [2.45, 2.75) is 32.2 Å². The molecule has 2 heterocycles. The molecule has 1 aromatic rings. The van der Waals surface area contributed by atoms with Gasteiger partial charge in [0.2, 0.25) is 11.8 Å². The lowest BCUT2D eigenvalue weighted by molar-refractivity contribution is -0.144. The fraction of sp³-hybridized carbons (Fsp3) is 0.500. The molecule has 0 bridgehead atoms. The van der Waals surface area contributed by atoms with E-state index in [4.69, 9.17) is 4.74 Å². The van der Waals surface area contributed by atoms with E-state index in [1.165, 1.54) is 0 Å². The molecule has 0 unspecified atom stereocenters. The van der Waals surface area contributed by atoms with Crippen LogP contribution in [0.2, 0.25) is 0 Å². The van der Waals surface area contributed by atoms with Crippen molar-refractivity contribution in [2.24, 2.45) is 0 Å². The Morgan fingerprint density at radius 3 is 2.56 bits per heavy atom. The maximum absolute atomic E-state index is 12.8. The zero-order valence-electron chi connectivity index (χ0n) is 14.8. The number of ether oxygens (including phenoxy) is 1. The van der Waals surface area contributed by atoms with Crippen LogP contribution < -0.4 is 0 Å². The van der Waals surface area contributed by atoms with E-state index in [9.17, 15) is 9.59 Å². The predicted octanol–water partition coefficient (Wildman–Crippen LogP) is 2.33. The Morgan fingerprint density at radius 2 is 1.88 bits per heavy atom. The summed E-state index contributed by atoms with van der Waals surface area (Å²) in [6.45, 7) is 5.11. The standard InChI is InChI=1S/C20H26N2O3/c1-2-16(17-7-4-3-5-8-17)15-19(23)22-10-6-9-18(22)20(24)21-11-13-25-14-12-21/h3-5,7-8,15,18H,2,6,9-14H2,1H3/b16-15+/t18-/m1/s1. The van der Waals surface area contributed by atoms with Crippen LogP contribution in [-0.4, -0.2) is 60.5 Å². The number of rotatable bonds is 4. The van der Waals surface area contributed by atoms with Gasteiger partial charge in [0, 0.05) is 25.7 Å². The molecular weight excluding hydrogens is 316 g/mol. The smallest absolute Gasteiger partial charge is 0.247 e. The molecule has 1 aromatic carbocycles. The van der Waals surface area contributed by atoms with Gasteiger partial charge in [-0.05, 0) is 30.4 Å². The van der Waals surface area contributed by atoms with Crippen molar-refractivity contribution in [3.8, 4) is 0 Å². The van der Waals surface area contributed by atoms with E-state index < -0.39 is 0 Å². The van der Waals surface area contributed by atoms with Crippen molar-refractivity contribution < 1.29 is 14.3 Å². The lowest BCUT2D eigenvalue weighted by Gasteiger charge is -2.32. The van der Waals surface area contributed by atoms with Crippen LogP contribution in [0.4, 0.5) is 0 Å². The van der Waals surface area contributed by atoms with Crippen LogP contribution in [0.15, 0.2) is 36.4 Å². The zero-order chi connectivity index (χ0) is 17.6. The van der Waals surface area contributed by atoms with E-state index in [2.05, 4.69) is 0 Å². The van der Waals surface area contributed by atoms with Gasteiger partial charge in [0.25, 0.3) is 0 Å². The minimum Gasteiger partial charge on any atom is -0.378 e. The van der Waals surface area contributed by atoms with Gasteiger partial charge >= 0.3 is 0 Å². The molecule has 2 aliphatic heterocycles. The summed E-state index contributed by atoms with van der Waals surface area (Å²) in [5.41, 5.74) is 2.07. The largest absolute Gasteiger partial charge is 0.378 e. The SMILES string of the molecule is CC/C(=C\C(=O)N1CCC[C@@H]1C(=O)N1CCOCC1)c1ccccc1. The first-order chi connectivity index (χ1) is 12.2. The van der Waals surface area contributed by atoms with Crippen LogP contribution in [0.5, 0.6) is 0 Å². The van der Waals surface area contributed by atoms with E-state index in [1.807, 2.05) is 42.2 Å². The number of nitrogens with zero attached hydrogens (tertiary/aromatic N) is 2. The van der Waals surface area contributed by atoms with Crippen molar-refractivity contribution in [1.82, 2.24) is 9.80 Å². The number of carbonyl (C=O) groups excluding carboxylic acids is 2. The van der Waals surface area contributed by atoms with Gasteiger partial charge in [0.15, 0.2) is 0 Å². The normalized spacial score (nSPS) is 21.5. The molecule has 5 heteroatoms. The summed E-state index contributed by atoms with van der Waals surface area (Å²) in [4.78, 5) is 29.2. The van der Waals surface area contributed by atoms with Crippen molar-refractivity contribution >= 4 is 17.4 Å². The highest BCUT2D eigenvalue weighted by atomic mass is 16.5. The summed E-state index contributed by atoms with van der Waals surface area (Å²) in [5.74, 6) is 0.0186. The third-order valence-electron chi connectivity index (χ3n) is 4.97. The van der Waals surface area contributed by atoms with Gasteiger partial charge in [-0.15, -0.1) is 0 Å². The van der Waals surface area contributed by atoms with Crippen LogP contribution in [-0.2, 0) is 14.3 Å². The fourth-order valence-electron chi connectivity index (χ4n) is 3.56. The zero-order valence-corrected chi connectivity index (χ0v) is 14.8. The molecule has 0 radical (unpaired) electrons. The molecule has 2 amide bonds. The van der Waals surface area contributed by atoms with E-state index >= 15 is 0 Å². The Bertz CT molecular complexity index is 636. The summed E-state index contributed by atoms with van der Waals surface area (Å²) in [5, 5.41) is 0. The lowest BCUT2D eigenvalue weighted by Crippen LogP contribution is -2.50. The third kappa shape index (κ3) is 4.10. The number of benzene rings is 1. The fourth-order valence-corrected chi connectivity index (χ4v) is 3.56. The molecule has 0 aromatic heterocycles. The first-order valence-corrected chi connectivity index (χ1v) is 9.14. The quantitative estimate of drug-likeness (QED) is 0.789. The molecule has 1 atom stereocenters. The van der Waals surface area contributed by atoms with Gasteiger partial charge in [0.05, 0.1) is 13.2 Å². The van der Waals surface area contributed by atoms with Gasteiger partial charge in [-0.2, -0.15) is 0 Å². The molecule has 0 N–H and O–H groups in total. The van der Waals surface area contributed by atoms with Gasteiger partial charge < -0.3 is 14.5 Å². The highest BCUT2D eigenvalue weighted by molar-refractivity contribution is 5.98. The second kappa shape index (κ2) is 8.30. The van der Waals surface area contributed by atoms with Gasteiger partial charge in [0.1, 0.15) is 6.04 Å².